The Kier molecular flexibility index (Phi) is 5.55. The van der Waals surface area contributed by atoms with Crippen LogP contribution in [-0.2, 0) is 19.6 Å². The van der Waals surface area contributed by atoms with Crippen molar-refractivity contribution in [1.29, 1.82) is 0 Å². The van der Waals surface area contributed by atoms with Crippen LogP contribution in [0.1, 0.15) is 32.6 Å². The minimum absolute atomic E-state index is 0.114. The second-order valence-electron chi connectivity index (χ2n) is 5.67. The molecule has 1 amide bonds. The number of carboxylic acid groups (broad SMARTS) is 1. The molecule has 1 atom stereocenters. The maximum atomic E-state index is 13.7. The molecule has 0 aromatic heterocycles. The highest BCUT2D eigenvalue weighted by Gasteiger charge is 2.35. The van der Waals surface area contributed by atoms with Crippen molar-refractivity contribution in [2.45, 2.75) is 43.5 Å². The maximum Gasteiger partial charge on any atom is 0.303 e. The minimum Gasteiger partial charge on any atom is -0.481 e. The van der Waals surface area contributed by atoms with Gasteiger partial charge in [-0.3, -0.25) is 9.59 Å². The number of amides is 1. The molecule has 1 aromatic carbocycles. The van der Waals surface area contributed by atoms with E-state index >= 15 is 0 Å². The first-order chi connectivity index (χ1) is 11.2. The molecule has 1 aromatic rings. The van der Waals surface area contributed by atoms with Crippen molar-refractivity contribution in [2.75, 3.05) is 11.9 Å². The molecular weight excluding hydrogens is 339 g/mol. The zero-order chi connectivity index (χ0) is 17.9. The standard InChI is InChI=1S/C15H19FN2O5S/c1-10(19)17-14-9-12(5-6-13(14)16)24(22,23)18-8-2-3-11(18)4-7-15(20)21/h5-6,9,11H,2-4,7-8H2,1H3,(H,17,19)(H,20,21). The fourth-order valence-corrected chi connectivity index (χ4v) is 4.54. The lowest BCUT2D eigenvalue weighted by Gasteiger charge is -2.24. The molecule has 9 heteroatoms. The summed E-state index contributed by atoms with van der Waals surface area (Å²) in [5.74, 6) is -2.22. The van der Waals surface area contributed by atoms with Crippen LogP contribution in [-0.4, -0.2) is 42.3 Å². The van der Waals surface area contributed by atoms with E-state index in [1.165, 1.54) is 11.2 Å². The molecule has 24 heavy (non-hydrogen) atoms. The molecule has 0 bridgehead atoms. The van der Waals surface area contributed by atoms with Crippen LogP contribution in [0.25, 0.3) is 0 Å². The van der Waals surface area contributed by atoms with Crippen LogP contribution < -0.4 is 5.32 Å². The van der Waals surface area contributed by atoms with Gasteiger partial charge in [-0.2, -0.15) is 4.31 Å². The topological polar surface area (TPSA) is 104 Å². The van der Waals surface area contributed by atoms with Crippen molar-refractivity contribution >= 4 is 27.6 Å². The molecule has 7 nitrogen and oxygen atoms in total. The average molecular weight is 358 g/mol. The second kappa shape index (κ2) is 7.27. The number of carboxylic acids is 1. The Balaban J connectivity index is 2.29. The van der Waals surface area contributed by atoms with Gasteiger partial charge in [0.1, 0.15) is 5.82 Å². The molecule has 1 heterocycles. The summed E-state index contributed by atoms with van der Waals surface area (Å²) >= 11 is 0. The van der Waals surface area contributed by atoms with Gasteiger partial charge in [0, 0.05) is 25.9 Å². The molecule has 0 saturated carbocycles. The fraction of sp³-hybridized carbons (Fsp3) is 0.467. The van der Waals surface area contributed by atoms with Crippen molar-refractivity contribution in [3.8, 4) is 0 Å². The average Bonchev–Trinajstić information content (AvgIpc) is 2.96. The van der Waals surface area contributed by atoms with E-state index in [9.17, 15) is 22.4 Å². The summed E-state index contributed by atoms with van der Waals surface area (Å²) in [5, 5.41) is 11.0. The largest absolute Gasteiger partial charge is 0.481 e. The van der Waals surface area contributed by atoms with E-state index in [1.807, 2.05) is 0 Å². The normalized spacial score (nSPS) is 18.5. The van der Waals surface area contributed by atoms with Gasteiger partial charge in [-0.15, -0.1) is 0 Å². The second-order valence-corrected chi connectivity index (χ2v) is 7.56. The van der Waals surface area contributed by atoms with Crippen LogP contribution in [0, 0.1) is 5.82 Å². The summed E-state index contributed by atoms with van der Waals surface area (Å²) in [5.41, 5.74) is -0.204. The van der Waals surface area contributed by atoms with Crippen LogP contribution in [0.2, 0.25) is 0 Å². The van der Waals surface area contributed by atoms with Crippen LogP contribution in [0.15, 0.2) is 23.1 Å². The number of carbonyl (C=O) groups is 2. The van der Waals surface area contributed by atoms with Gasteiger partial charge in [-0.1, -0.05) is 0 Å². The van der Waals surface area contributed by atoms with E-state index in [1.54, 1.807) is 0 Å². The molecule has 1 aliphatic rings. The third-order valence-electron chi connectivity index (χ3n) is 3.87. The van der Waals surface area contributed by atoms with Crippen LogP contribution >= 0.6 is 0 Å². The van der Waals surface area contributed by atoms with Crippen molar-refractivity contribution in [3.63, 3.8) is 0 Å². The van der Waals surface area contributed by atoms with Gasteiger partial charge in [0.05, 0.1) is 10.6 Å². The highest BCUT2D eigenvalue weighted by molar-refractivity contribution is 7.89. The van der Waals surface area contributed by atoms with Gasteiger partial charge < -0.3 is 10.4 Å². The molecule has 0 spiro atoms. The molecule has 0 radical (unpaired) electrons. The number of hydrogen-bond donors (Lipinski definition) is 2. The molecule has 1 unspecified atom stereocenters. The van der Waals surface area contributed by atoms with Crippen LogP contribution in [0.4, 0.5) is 10.1 Å². The summed E-state index contributed by atoms with van der Waals surface area (Å²) in [6.07, 6.45) is 1.35. The summed E-state index contributed by atoms with van der Waals surface area (Å²) in [4.78, 5) is 21.7. The molecule has 1 aliphatic heterocycles. The molecular formula is C15H19FN2O5S. The third-order valence-corrected chi connectivity index (χ3v) is 5.82. The van der Waals surface area contributed by atoms with Gasteiger partial charge >= 0.3 is 5.97 Å². The predicted molar refractivity (Wildman–Crippen MR) is 84.5 cm³/mol. The number of hydrogen-bond acceptors (Lipinski definition) is 4. The number of sulfonamides is 1. The summed E-state index contributed by atoms with van der Waals surface area (Å²) in [6, 6.07) is 2.82. The lowest BCUT2D eigenvalue weighted by Crippen LogP contribution is -2.35. The maximum absolute atomic E-state index is 13.7. The van der Waals surface area contributed by atoms with Crippen molar-refractivity contribution < 1.29 is 27.5 Å². The number of anilines is 1. The molecule has 0 aliphatic carbocycles. The zero-order valence-corrected chi connectivity index (χ0v) is 14.0. The number of aliphatic carboxylic acids is 1. The first-order valence-electron chi connectivity index (χ1n) is 7.52. The molecule has 1 fully saturated rings. The lowest BCUT2D eigenvalue weighted by atomic mass is 10.1. The summed E-state index contributed by atoms with van der Waals surface area (Å²) in [7, 11) is -3.89. The van der Waals surface area contributed by atoms with E-state index in [-0.39, 0.29) is 29.5 Å². The Morgan fingerprint density at radius 1 is 1.42 bits per heavy atom. The molecule has 1 saturated heterocycles. The Bertz CT molecular complexity index is 750. The van der Waals surface area contributed by atoms with E-state index < -0.39 is 27.7 Å². The van der Waals surface area contributed by atoms with E-state index in [0.29, 0.717) is 19.4 Å². The fourth-order valence-electron chi connectivity index (χ4n) is 2.79. The molecule has 2 rings (SSSR count). The van der Waals surface area contributed by atoms with Gasteiger partial charge in [0.2, 0.25) is 15.9 Å². The van der Waals surface area contributed by atoms with Gasteiger partial charge in [-0.25, -0.2) is 12.8 Å². The quantitative estimate of drug-likeness (QED) is 0.807. The highest BCUT2D eigenvalue weighted by atomic mass is 32.2. The Morgan fingerprint density at radius 3 is 2.75 bits per heavy atom. The predicted octanol–water partition coefficient (Wildman–Crippen LogP) is 1.80. The summed E-state index contributed by atoms with van der Waals surface area (Å²) < 4.78 is 40.5. The van der Waals surface area contributed by atoms with E-state index in [0.717, 1.165) is 18.2 Å². The van der Waals surface area contributed by atoms with Crippen molar-refractivity contribution in [2.24, 2.45) is 0 Å². The monoisotopic (exact) mass is 358 g/mol. The SMILES string of the molecule is CC(=O)Nc1cc(S(=O)(=O)N2CCCC2CCC(=O)O)ccc1F. The first-order valence-corrected chi connectivity index (χ1v) is 8.96. The zero-order valence-electron chi connectivity index (χ0n) is 13.2. The summed E-state index contributed by atoms with van der Waals surface area (Å²) in [6.45, 7) is 1.49. The Hall–Kier alpha value is -2.00. The van der Waals surface area contributed by atoms with Crippen LogP contribution in [0.3, 0.4) is 0 Å². The number of nitrogens with zero attached hydrogens (tertiary/aromatic N) is 1. The van der Waals surface area contributed by atoms with E-state index in [2.05, 4.69) is 5.32 Å². The first kappa shape index (κ1) is 18.3. The minimum atomic E-state index is -3.89. The number of halogens is 1. The third kappa shape index (κ3) is 4.09. The smallest absolute Gasteiger partial charge is 0.303 e. The van der Waals surface area contributed by atoms with Gasteiger partial charge in [0.15, 0.2) is 0 Å². The lowest BCUT2D eigenvalue weighted by molar-refractivity contribution is -0.137. The Morgan fingerprint density at radius 2 is 2.12 bits per heavy atom. The number of rotatable bonds is 6. The number of nitrogens with one attached hydrogen (secondary N) is 1. The number of carbonyl (C=O) groups excluding carboxylic acids is 1. The van der Waals surface area contributed by atoms with Gasteiger partial charge in [0.25, 0.3) is 0 Å². The van der Waals surface area contributed by atoms with Gasteiger partial charge in [-0.05, 0) is 37.5 Å². The Labute approximate surface area is 139 Å². The van der Waals surface area contributed by atoms with Crippen molar-refractivity contribution in [3.05, 3.63) is 24.0 Å². The molecule has 132 valence electrons. The van der Waals surface area contributed by atoms with E-state index in [4.69, 9.17) is 5.11 Å². The van der Waals surface area contributed by atoms with Crippen LogP contribution in [0.5, 0.6) is 0 Å². The van der Waals surface area contributed by atoms with Crippen molar-refractivity contribution in [1.82, 2.24) is 4.31 Å². The number of benzene rings is 1. The molecule has 2 N–H and O–H groups in total. The highest BCUT2D eigenvalue weighted by Crippen LogP contribution is 2.30.